The van der Waals surface area contributed by atoms with E-state index in [0.717, 1.165) is 15.4 Å². The Kier molecular flexibility index (Phi) is 5.63. The minimum Gasteiger partial charge on any atom is -0.486 e. The molecule has 0 aliphatic rings. The number of ether oxygens (including phenoxy) is 1. The maximum absolute atomic E-state index is 12.5. The molecule has 0 amide bonds. The van der Waals surface area contributed by atoms with Gasteiger partial charge in [-0.25, -0.2) is 4.98 Å². The van der Waals surface area contributed by atoms with Crippen LogP contribution in [-0.4, -0.2) is 21.8 Å². The van der Waals surface area contributed by atoms with E-state index >= 15 is 0 Å². The third kappa shape index (κ3) is 4.26. The van der Waals surface area contributed by atoms with Gasteiger partial charge in [0, 0.05) is 16.3 Å². The lowest BCUT2D eigenvalue weighted by molar-refractivity contribution is -0.136. The van der Waals surface area contributed by atoms with E-state index in [0.29, 0.717) is 11.3 Å². The Morgan fingerprint density at radius 2 is 1.81 bits per heavy atom. The van der Waals surface area contributed by atoms with Crippen LogP contribution in [0.2, 0.25) is 0 Å². The molecule has 0 fully saturated rings. The second kappa shape index (κ2) is 8.10. The summed E-state index contributed by atoms with van der Waals surface area (Å²) in [5, 5.41) is 9.65. The van der Waals surface area contributed by atoms with Gasteiger partial charge in [0.15, 0.2) is 5.78 Å². The van der Waals surface area contributed by atoms with Crippen LogP contribution in [0, 0.1) is 0 Å². The van der Waals surface area contributed by atoms with Crippen LogP contribution in [0.3, 0.4) is 0 Å². The highest BCUT2D eigenvalue weighted by Gasteiger charge is 2.18. The number of Topliss-reactive ketones (excluding diaryl/α,β-unsaturated/α-hetero) is 1. The number of benzene rings is 2. The van der Waals surface area contributed by atoms with Gasteiger partial charge in [-0.1, -0.05) is 52.3 Å². The number of carbonyl (C=O) groups is 2. The summed E-state index contributed by atoms with van der Waals surface area (Å²) >= 11 is 3.48. The van der Waals surface area contributed by atoms with Crippen molar-refractivity contribution in [3.63, 3.8) is 0 Å². The SMILES string of the molecule is O=C(O)CCC(=O)c1nc2cccc(Br)c2cc1OCc1ccccc1. The Hall–Kier alpha value is -2.73. The molecule has 0 radical (unpaired) electrons. The Bertz CT molecular complexity index is 957. The number of hydrogen-bond acceptors (Lipinski definition) is 4. The number of ketones is 1. The quantitative estimate of drug-likeness (QED) is 0.571. The molecule has 1 aromatic heterocycles. The Labute approximate surface area is 158 Å². The van der Waals surface area contributed by atoms with Gasteiger partial charge in [0.25, 0.3) is 0 Å². The highest BCUT2D eigenvalue weighted by Crippen LogP contribution is 2.30. The number of fused-ring (bicyclic) bond motifs is 1. The van der Waals surface area contributed by atoms with Crippen LogP contribution in [0.5, 0.6) is 5.75 Å². The van der Waals surface area contributed by atoms with Gasteiger partial charge in [-0.3, -0.25) is 9.59 Å². The number of nitrogens with zero attached hydrogens (tertiary/aromatic N) is 1. The zero-order valence-electron chi connectivity index (χ0n) is 13.8. The highest BCUT2D eigenvalue weighted by atomic mass is 79.9. The van der Waals surface area contributed by atoms with Gasteiger partial charge in [0.2, 0.25) is 0 Å². The van der Waals surface area contributed by atoms with Crippen LogP contribution in [0.15, 0.2) is 59.1 Å². The third-order valence-electron chi connectivity index (χ3n) is 3.84. The first-order valence-corrected chi connectivity index (χ1v) is 8.85. The predicted octanol–water partition coefficient (Wildman–Crippen LogP) is 4.62. The lowest BCUT2D eigenvalue weighted by atomic mass is 10.1. The lowest BCUT2D eigenvalue weighted by Crippen LogP contribution is -2.09. The molecule has 3 aromatic rings. The first kappa shape index (κ1) is 18.1. The van der Waals surface area contributed by atoms with Crippen molar-refractivity contribution in [2.75, 3.05) is 0 Å². The molecule has 3 rings (SSSR count). The molecule has 0 aliphatic heterocycles. The summed E-state index contributed by atoms with van der Waals surface area (Å²) in [7, 11) is 0. The molecule has 0 saturated carbocycles. The van der Waals surface area contributed by atoms with Gasteiger partial charge in [0.1, 0.15) is 18.1 Å². The van der Waals surface area contributed by atoms with Gasteiger partial charge in [-0.2, -0.15) is 0 Å². The van der Waals surface area contributed by atoms with Crippen LogP contribution in [-0.2, 0) is 11.4 Å². The average molecular weight is 414 g/mol. The molecule has 0 aliphatic carbocycles. The second-order valence-electron chi connectivity index (χ2n) is 5.73. The van der Waals surface area contributed by atoms with Gasteiger partial charge in [-0.05, 0) is 23.8 Å². The molecule has 26 heavy (non-hydrogen) atoms. The molecule has 132 valence electrons. The number of aliphatic carboxylic acids is 1. The van der Waals surface area contributed by atoms with Crippen LogP contribution in [0.4, 0.5) is 0 Å². The Morgan fingerprint density at radius 1 is 1.04 bits per heavy atom. The second-order valence-corrected chi connectivity index (χ2v) is 6.59. The fraction of sp³-hybridized carbons (Fsp3) is 0.150. The molecule has 0 spiro atoms. The van der Waals surface area contributed by atoms with E-state index in [9.17, 15) is 9.59 Å². The zero-order chi connectivity index (χ0) is 18.5. The molecular weight excluding hydrogens is 398 g/mol. The number of hydrogen-bond donors (Lipinski definition) is 1. The molecule has 6 heteroatoms. The van der Waals surface area contributed by atoms with Gasteiger partial charge in [0.05, 0.1) is 11.9 Å². The van der Waals surface area contributed by atoms with E-state index in [4.69, 9.17) is 9.84 Å². The molecular formula is C20H16BrNO4. The van der Waals surface area contributed by atoms with Crippen molar-refractivity contribution in [2.45, 2.75) is 19.4 Å². The smallest absolute Gasteiger partial charge is 0.303 e. The number of carboxylic acid groups (broad SMARTS) is 1. The summed E-state index contributed by atoms with van der Waals surface area (Å²) in [4.78, 5) is 27.7. The minimum absolute atomic E-state index is 0.121. The molecule has 0 atom stereocenters. The summed E-state index contributed by atoms with van der Waals surface area (Å²) in [6.45, 7) is 0.289. The van der Waals surface area contributed by atoms with E-state index < -0.39 is 5.97 Å². The molecule has 2 aromatic carbocycles. The van der Waals surface area contributed by atoms with Crippen LogP contribution in [0.1, 0.15) is 28.9 Å². The van der Waals surface area contributed by atoms with Crippen LogP contribution >= 0.6 is 15.9 Å². The maximum atomic E-state index is 12.5. The van der Waals surface area contributed by atoms with Gasteiger partial charge >= 0.3 is 5.97 Å². The Balaban J connectivity index is 1.96. The molecule has 0 unspecified atom stereocenters. The van der Waals surface area contributed by atoms with E-state index in [1.807, 2.05) is 42.5 Å². The highest BCUT2D eigenvalue weighted by molar-refractivity contribution is 9.10. The molecule has 0 bridgehead atoms. The monoisotopic (exact) mass is 413 g/mol. The number of rotatable bonds is 7. The molecule has 1 N–H and O–H groups in total. The standard InChI is InChI=1S/C20H16BrNO4/c21-15-7-4-8-16-14(15)11-18(26-12-13-5-2-1-3-6-13)20(22-16)17(23)9-10-19(24)25/h1-8,11H,9-10,12H2,(H,24,25). The van der Waals surface area contributed by atoms with Crippen molar-refractivity contribution < 1.29 is 19.4 Å². The third-order valence-corrected chi connectivity index (χ3v) is 4.53. The normalized spacial score (nSPS) is 10.7. The number of carboxylic acids is 1. The van der Waals surface area contributed by atoms with E-state index in [1.54, 1.807) is 12.1 Å². The summed E-state index contributed by atoms with van der Waals surface area (Å²) in [6.07, 6.45) is -0.362. The zero-order valence-corrected chi connectivity index (χ0v) is 15.4. The summed E-state index contributed by atoms with van der Waals surface area (Å²) in [5.74, 6) is -1.02. The van der Waals surface area contributed by atoms with Crippen molar-refractivity contribution in [2.24, 2.45) is 0 Å². The van der Waals surface area contributed by atoms with Crippen molar-refractivity contribution in [1.82, 2.24) is 4.98 Å². The molecule has 1 heterocycles. The minimum atomic E-state index is -1.02. The van der Waals surface area contributed by atoms with Crippen LogP contribution in [0.25, 0.3) is 10.9 Å². The number of pyridine rings is 1. The number of carbonyl (C=O) groups excluding carboxylic acids is 1. The maximum Gasteiger partial charge on any atom is 0.303 e. The molecule has 0 saturated heterocycles. The summed E-state index contributed by atoms with van der Waals surface area (Å²) in [5.41, 5.74) is 1.77. The van der Waals surface area contributed by atoms with Crippen molar-refractivity contribution in [3.8, 4) is 5.75 Å². The predicted molar refractivity (Wildman–Crippen MR) is 101 cm³/mol. The Morgan fingerprint density at radius 3 is 2.54 bits per heavy atom. The van der Waals surface area contributed by atoms with Crippen molar-refractivity contribution >= 4 is 38.6 Å². The first-order chi connectivity index (χ1) is 12.5. The van der Waals surface area contributed by atoms with Gasteiger partial charge < -0.3 is 9.84 Å². The van der Waals surface area contributed by atoms with E-state index in [-0.39, 0.29) is 30.9 Å². The lowest BCUT2D eigenvalue weighted by Gasteiger charge is -2.12. The summed E-state index contributed by atoms with van der Waals surface area (Å²) < 4.78 is 6.71. The first-order valence-electron chi connectivity index (χ1n) is 8.05. The average Bonchev–Trinajstić information content (AvgIpc) is 2.65. The fourth-order valence-corrected chi connectivity index (χ4v) is 3.00. The van der Waals surface area contributed by atoms with Gasteiger partial charge in [-0.15, -0.1) is 0 Å². The largest absolute Gasteiger partial charge is 0.486 e. The number of aromatic nitrogens is 1. The fourth-order valence-electron chi connectivity index (χ4n) is 2.53. The summed E-state index contributed by atoms with van der Waals surface area (Å²) in [6, 6.07) is 16.9. The van der Waals surface area contributed by atoms with E-state index in [2.05, 4.69) is 20.9 Å². The van der Waals surface area contributed by atoms with Crippen molar-refractivity contribution in [1.29, 1.82) is 0 Å². The topological polar surface area (TPSA) is 76.5 Å². The number of halogens is 1. The van der Waals surface area contributed by atoms with Crippen molar-refractivity contribution in [3.05, 3.63) is 70.3 Å². The van der Waals surface area contributed by atoms with Crippen LogP contribution < -0.4 is 4.74 Å². The van der Waals surface area contributed by atoms with E-state index in [1.165, 1.54) is 0 Å². The molecule has 5 nitrogen and oxygen atoms in total.